The van der Waals surface area contributed by atoms with E-state index in [0.717, 1.165) is 16.5 Å². The van der Waals surface area contributed by atoms with Crippen molar-refractivity contribution < 1.29 is 0 Å². The molecular formula is C29H30N4S. The number of hydrogen-bond donors (Lipinski definition) is 1. The maximum atomic E-state index is 5.93. The van der Waals surface area contributed by atoms with Gasteiger partial charge in [-0.2, -0.15) is 0 Å². The molecule has 1 aliphatic heterocycles. The van der Waals surface area contributed by atoms with E-state index in [-0.39, 0.29) is 12.1 Å². The first-order valence-electron chi connectivity index (χ1n) is 11.7. The van der Waals surface area contributed by atoms with E-state index < -0.39 is 0 Å². The van der Waals surface area contributed by atoms with E-state index >= 15 is 0 Å². The lowest BCUT2D eigenvalue weighted by atomic mass is 9.96. The van der Waals surface area contributed by atoms with Gasteiger partial charge in [0.25, 0.3) is 0 Å². The summed E-state index contributed by atoms with van der Waals surface area (Å²) in [4.78, 5) is 6.98. The topological polar surface area (TPSA) is 33.1 Å². The van der Waals surface area contributed by atoms with E-state index in [2.05, 4.69) is 104 Å². The van der Waals surface area contributed by atoms with E-state index in [1.165, 1.54) is 39.3 Å². The van der Waals surface area contributed by atoms with Gasteiger partial charge in [0.2, 0.25) is 0 Å². The molecular weight excluding hydrogens is 436 g/mol. The largest absolute Gasteiger partial charge is 0.351 e. The number of anilines is 1. The third-order valence-corrected chi connectivity index (χ3v) is 6.98. The summed E-state index contributed by atoms with van der Waals surface area (Å²) in [6.45, 7) is 10.8. The fourth-order valence-corrected chi connectivity index (χ4v) is 5.56. The molecule has 2 atom stereocenters. The highest BCUT2D eigenvalue weighted by Crippen LogP contribution is 2.44. The molecule has 0 unspecified atom stereocenters. The lowest BCUT2D eigenvalue weighted by molar-refractivity contribution is 0.565. The smallest absolute Gasteiger partial charge is 0.174 e. The normalized spacial score (nSPS) is 17.8. The number of thiocarbonyl (C=S) groups is 1. The van der Waals surface area contributed by atoms with Crippen molar-refractivity contribution in [3.05, 3.63) is 112 Å². The quantitative estimate of drug-likeness (QED) is 0.344. The van der Waals surface area contributed by atoms with Crippen molar-refractivity contribution in [3.8, 4) is 5.69 Å². The molecule has 0 bridgehead atoms. The number of nitrogens with one attached hydrogen (secondary N) is 1. The molecule has 34 heavy (non-hydrogen) atoms. The zero-order valence-electron chi connectivity index (χ0n) is 20.3. The standard InChI is InChI=1S/C29H30N4S/c1-18-9-11-23(12-10-18)32-21(4)17-25(22(32)5)28-27(26-8-6-7-13-30-26)31-29(34)33(28)24-15-19(2)14-20(3)16-24/h6-17,27-28H,1-5H3,(H,31,34)/t27-,28+/m0/s1. The summed E-state index contributed by atoms with van der Waals surface area (Å²) in [6, 6.07) is 23.6. The Morgan fingerprint density at radius 1 is 0.794 bits per heavy atom. The first-order chi connectivity index (χ1) is 16.3. The fraction of sp³-hybridized carbons (Fsp3) is 0.241. The molecule has 0 aliphatic carbocycles. The van der Waals surface area contributed by atoms with E-state index in [0.29, 0.717) is 0 Å². The highest BCUT2D eigenvalue weighted by molar-refractivity contribution is 7.80. The molecule has 0 saturated carbocycles. The van der Waals surface area contributed by atoms with Gasteiger partial charge in [0.1, 0.15) is 0 Å². The highest BCUT2D eigenvalue weighted by atomic mass is 32.1. The maximum absolute atomic E-state index is 5.93. The van der Waals surface area contributed by atoms with Crippen molar-refractivity contribution in [2.24, 2.45) is 0 Å². The van der Waals surface area contributed by atoms with Crippen molar-refractivity contribution in [3.63, 3.8) is 0 Å². The minimum atomic E-state index is -0.0542. The second-order valence-corrected chi connectivity index (χ2v) is 9.73. The van der Waals surface area contributed by atoms with Crippen molar-refractivity contribution in [1.29, 1.82) is 0 Å². The maximum Gasteiger partial charge on any atom is 0.174 e. The van der Waals surface area contributed by atoms with Crippen LogP contribution in [0.4, 0.5) is 5.69 Å². The SMILES string of the molecule is Cc1ccc(-n2c(C)cc([C@@H]3[C@H](c4ccccn4)NC(=S)N3c3cc(C)cc(C)c3)c2C)cc1. The predicted octanol–water partition coefficient (Wildman–Crippen LogP) is 6.59. The summed E-state index contributed by atoms with van der Waals surface area (Å²) in [5.74, 6) is 0. The third kappa shape index (κ3) is 3.90. The Morgan fingerprint density at radius 2 is 1.50 bits per heavy atom. The van der Waals surface area contributed by atoms with Crippen LogP contribution in [-0.2, 0) is 0 Å². The first-order valence-corrected chi connectivity index (χ1v) is 12.1. The molecule has 1 N–H and O–H groups in total. The minimum absolute atomic E-state index is 0.0194. The van der Waals surface area contributed by atoms with Crippen LogP contribution in [0.1, 0.15) is 51.4 Å². The Balaban J connectivity index is 1.69. The minimum Gasteiger partial charge on any atom is -0.351 e. The van der Waals surface area contributed by atoms with Gasteiger partial charge in [-0.15, -0.1) is 0 Å². The van der Waals surface area contributed by atoms with Gasteiger partial charge in [0, 0.05) is 29.0 Å². The number of pyridine rings is 1. The molecule has 1 aliphatic rings. The van der Waals surface area contributed by atoms with E-state index in [1.807, 2.05) is 18.3 Å². The molecule has 2 aromatic heterocycles. The number of nitrogens with zero attached hydrogens (tertiary/aromatic N) is 3. The van der Waals surface area contributed by atoms with Crippen molar-refractivity contribution >= 4 is 23.0 Å². The van der Waals surface area contributed by atoms with Gasteiger partial charge in [-0.3, -0.25) is 4.98 Å². The van der Waals surface area contributed by atoms with Crippen LogP contribution < -0.4 is 10.2 Å². The average molecular weight is 467 g/mol. The lowest BCUT2D eigenvalue weighted by Gasteiger charge is -2.29. The van der Waals surface area contributed by atoms with Gasteiger partial charge in [-0.05, 0) is 106 Å². The summed E-state index contributed by atoms with van der Waals surface area (Å²) in [7, 11) is 0. The van der Waals surface area contributed by atoms with Gasteiger partial charge in [0.15, 0.2) is 5.11 Å². The third-order valence-electron chi connectivity index (χ3n) is 6.66. The molecule has 5 heteroatoms. The number of aromatic nitrogens is 2. The van der Waals surface area contributed by atoms with Gasteiger partial charge in [-0.1, -0.05) is 29.8 Å². The number of hydrogen-bond acceptors (Lipinski definition) is 2. The molecule has 4 nitrogen and oxygen atoms in total. The van der Waals surface area contributed by atoms with Crippen LogP contribution in [-0.4, -0.2) is 14.7 Å². The second kappa shape index (κ2) is 8.73. The van der Waals surface area contributed by atoms with Crippen LogP contribution >= 0.6 is 12.2 Å². The Labute approximate surface area is 207 Å². The van der Waals surface area contributed by atoms with Crippen LogP contribution in [0.15, 0.2) is 72.9 Å². The summed E-state index contributed by atoms with van der Waals surface area (Å²) >= 11 is 5.93. The van der Waals surface area contributed by atoms with Crippen molar-refractivity contribution in [2.75, 3.05) is 4.90 Å². The Kier molecular flexibility index (Phi) is 5.74. The predicted molar refractivity (Wildman–Crippen MR) is 144 cm³/mol. The van der Waals surface area contributed by atoms with Crippen LogP contribution in [0.25, 0.3) is 5.69 Å². The van der Waals surface area contributed by atoms with E-state index in [4.69, 9.17) is 17.2 Å². The molecule has 5 rings (SSSR count). The average Bonchev–Trinajstić information content (AvgIpc) is 3.30. The molecule has 3 heterocycles. The zero-order valence-corrected chi connectivity index (χ0v) is 21.1. The summed E-state index contributed by atoms with van der Waals surface area (Å²) in [5.41, 5.74) is 10.6. The highest BCUT2D eigenvalue weighted by Gasteiger charge is 2.42. The zero-order chi connectivity index (χ0) is 24.0. The van der Waals surface area contributed by atoms with Crippen LogP contribution in [0.5, 0.6) is 0 Å². The number of rotatable bonds is 4. The van der Waals surface area contributed by atoms with Gasteiger partial charge in [-0.25, -0.2) is 0 Å². The monoisotopic (exact) mass is 466 g/mol. The van der Waals surface area contributed by atoms with Crippen molar-refractivity contribution in [1.82, 2.24) is 14.9 Å². The van der Waals surface area contributed by atoms with Crippen LogP contribution in [0.2, 0.25) is 0 Å². The molecule has 0 spiro atoms. The van der Waals surface area contributed by atoms with E-state index in [9.17, 15) is 0 Å². The van der Waals surface area contributed by atoms with Crippen LogP contribution in [0, 0.1) is 34.6 Å². The molecule has 0 amide bonds. The summed E-state index contributed by atoms with van der Waals surface area (Å²) < 4.78 is 2.34. The number of aryl methyl sites for hydroxylation is 4. The van der Waals surface area contributed by atoms with Crippen LogP contribution in [0.3, 0.4) is 0 Å². The Hall–Kier alpha value is -3.44. The Morgan fingerprint density at radius 3 is 2.15 bits per heavy atom. The molecule has 0 radical (unpaired) electrons. The van der Waals surface area contributed by atoms with Gasteiger partial charge in [0.05, 0.1) is 17.8 Å². The molecule has 1 fully saturated rings. The first kappa shape index (κ1) is 22.4. The molecule has 172 valence electrons. The Bertz CT molecular complexity index is 1330. The summed E-state index contributed by atoms with van der Waals surface area (Å²) in [6.07, 6.45) is 1.85. The molecule has 4 aromatic rings. The molecule has 1 saturated heterocycles. The van der Waals surface area contributed by atoms with Gasteiger partial charge >= 0.3 is 0 Å². The van der Waals surface area contributed by atoms with Crippen molar-refractivity contribution in [2.45, 2.75) is 46.7 Å². The fourth-order valence-electron chi connectivity index (χ4n) is 5.22. The summed E-state index contributed by atoms with van der Waals surface area (Å²) in [5, 5.41) is 4.32. The second-order valence-electron chi connectivity index (χ2n) is 9.34. The number of benzene rings is 2. The lowest BCUT2D eigenvalue weighted by Crippen LogP contribution is -2.29. The van der Waals surface area contributed by atoms with E-state index in [1.54, 1.807) is 0 Å². The van der Waals surface area contributed by atoms with Gasteiger partial charge < -0.3 is 14.8 Å². The molecule has 2 aromatic carbocycles.